The second-order valence-corrected chi connectivity index (χ2v) is 8.69. The maximum Gasteiger partial charge on any atom is 0.179 e. The number of benzene rings is 2. The highest BCUT2D eigenvalue weighted by Gasteiger charge is 2.24. The Balaban J connectivity index is 1.60. The van der Waals surface area contributed by atoms with Gasteiger partial charge in [0.15, 0.2) is 33.2 Å². The molecule has 4 heterocycles. The summed E-state index contributed by atoms with van der Waals surface area (Å²) in [7, 11) is 0. The third-order valence-electron chi connectivity index (χ3n) is 5.68. The fourth-order valence-corrected chi connectivity index (χ4v) is 4.34. The molecule has 0 radical (unpaired) electrons. The van der Waals surface area contributed by atoms with Crippen LogP contribution in [0.2, 0.25) is 10.3 Å². The van der Waals surface area contributed by atoms with Gasteiger partial charge in [-0.3, -0.25) is 0 Å². The van der Waals surface area contributed by atoms with Crippen molar-refractivity contribution in [3.05, 3.63) is 94.3 Å². The summed E-state index contributed by atoms with van der Waals surface area (Å²) >= 11 is 12.7. The molecule has 0 amide bonds. The molecule has 0 spiro atoms. The van der Waals surface area contributed by atoms with Gasteiger partial charge in [0.2, 0.25) is 0 Å². The number of nitrogens with zero attached hydrogens (tertiary/aromatic N) is 8. The lowest BCUT2D eigenvalue weighted by molar-refractivity contribution is 0.625. The molecule has 178 valence electrons. The topological polar surface area (TPSA) is 87.2 Å². The van der Waals surface area contributed by atoms with Crippen molar-refractivity contribution in [1.29, 1.82) is 0 Å². The highest BCUT2D eigenvalue weighted by Crippen LogP contribution is 2.31. The molecule has 0 fully saturated rings. The van der Waals surface area contributed by atoms with E-state index in [2.05, 4.69) is 19.9 Å². The predicted octanol–water partition coefficient (Wildman–Crippen LogP) is 5.31. The molecular formula is C24H14Cl2F2N8. The quantitative estimate of drug-likeness (QED) is 0.285. The zero-order chi connectivity index (χ0) is 24.8. The van der Waals surface area contributed by atoms with E-state index in [0.29, 0.717) is 47.1 Å². The molecule has 4 aromatic heterocycles. The fraction of sp³-hybridized carbons (Fsp3) is 0.0833. The van der Waals surface area contributed by atoms with Gasteiger partial charge < -0.3 is 9.13 Å². The van der Waals surface area contributed by atoms with Crippen LogP contribution in [0.5, 0.6) is 0 Å². The Kier molecular flexibility index (Phi) is 5.54. The van der Waals surface area contributed by atoms with Crippen LogP contribution in [0.4, 0.5) is 8.78 Å². The SMILES string of the molecule is Fc1ccc(Cn2c(-c3nc4c(Cl)ncnc4n3Cc3ccc(F)cc3)nc3c(Cl)ncnc32)cc1. The Morgan fingerprint density at radius 2 is 0.972 bits per heavy atom. The third-order valence-corrected chi connectivity index (χ3v) is 6.24. The standard InChI is InChI=1S/C24H14Cl2F2N8/c25-19-17-21(31-11-29-19)35(9-13-1-5-15(27)6-2-13)23(33-17)24-34-18-20(26)30-12-32-22(18)36(24)10-14-3-7-16(28)8-4-14/h1-8,11-12H,9-10H2. The van der Waals surface area contributed by atoms with Crippen LogP contribution in [0.1, 0.15) is 11.1 Å². The Hall–Kier alpha value is -4.02. The van der Waals surface area contributed by atoms with Crippen molar-refractivity contribution < 1.29 is 8.78 Å². The maximum atomic E-state index is 13.5. The number of hydrogen-bond acceptors (Lipinski definition) is 6. The van der Waals surface area contributed by atoms with E-state index in [0.717, 1.165) is 11.1 Å². The van der Waals surface area contributed by atoms with Crippen LogP contribution < -0.4 is 0 Å². The predicted molar refractivity (Wildman–Crippen MR) is 131 cm³/mol. The molecule has 0 unspecified atom stereocenters. The van der Waals surface area contributed by atoms with Gasteiger partial charge in [-0.15, -0.1) is 0 Å². The van der Waals surface area contributed by atoms with Crippen LogP contribution in [-0.2, 0) is 13.1 Å². The molecule has 0 aliphatic heterocycles. The average Bonchev–Trinajstić information content (AvgIpc) is 3.42. The number of imidazole rings is 2. The summed E-state index contributed by atoms with van der Waals surface area (Å²) in [4.78, 5) is 26.4. The molecule has 36 heavy (non-hydrogen) atoms. The molecule has 0 N–H and O–H groups in total. The number of fused-ring (bicyclic) bond motifs is 2. The van der Waals surface area contributed by atoms with Gasteiger partial charge in [-0.2, -0.15) is 0 Å². The Bertz CT molecular complexity index is 1600. The van der Waals surface area contributed by atoms with Crippen LogP contribution in [0.3, 0.4) is 0 Å². The monoisotopic (exact) mass is 522 g/mol. The van der Waals surface area contributed by atoms with Crippen LogP contribution in [0.15, 0.2) is 61.2 Å². The number of halogens is 4. The molecule has 6 rings (SSSR count). The number of aromatic nitrogens is 8. The lowest BCUT2D eigenvalue weighted by Gasteiger charge is -2.11. The van der Waals surface area contributed by atoms with Gasteiger partial charge in [-0.25, -0.2) is 38.7 Å². The zero-order valence-corrected chi connectivity index (χ0v) is 19.8. The Labute approximate surface area is 212 Å². The van der Waals surface area contributed by atoms with E-state index in [-0.39, 0.29) is 21.9 Å². The van der Waals surface area contributed by atoms with E-state index < -0.39 is 0 Å². The molecule has 6 aromatic rings. The van der Waals surface area contributed by atoms with Crippen molar-refractivity contribution in [2.75, 3.05) is 0 Å². The van der Waals surface area contributed by atoms with Crippen molar-refractivity contribution in [1.82, 2.24) is 39.0 Å². The number of hydrogen-bond donors (Lipinski definition) is 0. The third kappa shape index (κ3) is 3.94. The molecule has 8 nitrogen and oxygen atoms in total. The molecule has 0 bridgehead atoms. The molecule has 0 atom stereocenters. The van der Waals surface area contributed by atoms with E-state index in [1.807, 2.05) is 9.13 Å². The van der Waals surface area contributed by atoms with Crippen molar-refractivity contribution in [2.24, 2.45) is 0 Å². The minimum absolute atomic E-state index is 0.179. The summed E-state index contributed by atoms with van der Waals surface area (Å²) in [6.07, 6.45) is 2.70. The molecule has 2 aromatic carbocycles. The molecular weight excluding hydrogens is 509 g/mol. The largest absolute Gasteiger partial charge is 0.301 e. The van der Waals surface area contributed by atoms with E-state index in [4.69, 9.17) is 33.2 Å². The van der Waals surface area contributed by atoms with Gasteiger partial charge in [0, 0.05) is 0 Å². The van der Waals surface area contributed by atoms with Gasteiger partial charge in [0.05, 0.1) is 13.1 Å². The Morgan fingerprint density at radius 3 is 1.36 bits per heavy atom. The average molecular weight is 523 g/mol. The molecule has 0 saturated heterocycles. The van der Waals surface area contributed by atoms with E-state index in [9.17, 15) is 8.78 Å². The number of rotatable bonds is 5. The summed E-state index contributed by atoms with van der Waals surface area (Å²) in [5, 5.41) is 0.358. The zero-order valence-electron chi connectivity index (χ0n) is 18.3. The van der Waals surface area contributed by atoms with Gasteiger partial charge >= 0.3 is 0 Å². The first kappa shape index (κ1) is 22.4. The van der Waals surface area contributed by atoms with Crippen molar-refractivity contribution >= 4 is 45.5 Å². The summed E-state index contributed by atoms with van der Waals surface area (Å²) in [5.41, 5.74) is 3.35. The summed E-state index contributed by atoms with van der Waals surface area (Å²) in [5.74, 6) is 0.170. The first-order valence-electron chi connectivity index (χ1n) is 10.7. The van der Waals surface area contributed by atoms with Crippen molar-refractivity contribution in [3.8, 4) is 11.6 Å². The van der Waals surface area contributed by atoms with Gasteiger partial charge in [0.25, 0.3) is 0 Å². The minimum atomic E-state index is -0.339. The first-order valence-corrected chi connectivity index (χ1v) is 11.5. The lowest BCUT2D eigenvalue weighted by Crippen LogP contribution is -2.09. The smallest absolute Gasteiger partial charge is 0.179 e. The lowest BCUT2D eigenvalue weighted by atomic mass is 10.2. The molecule has 0 saturated carbocycles. The summed E-state index contributed by atoms with van der Waals surface area (Å²) in [6, 6.07) is 12.2. The normalized spacial score (nSPS) is 11.6. The van der Waals surface area contributed by atoms with E-state index in [1.54, 1.807) is 24.3 Å². The van der Waals surface area contributed by atoms with Crippen molar-refractivity contribution in [2.45, 2.75) is 13.1 Å². The summed E-state index contributed by atoms with van der Waals surface area (Å²) in [6.45, 7) is 0.608. The maximum absolute atomic E-state index is 13.5. The highest BCUT2D eigenvalue weighted by atomic mass is 35.5. The molecule has 0 aliphatic carbocycles. The van der Waals surface area contributed by atoms with Crippen LogP contribution in [0, 0.1) is 11.6 Å². The van der Waals surface area contributed by atoms with Crippen LogP contribution >= 0.6 is 23.2 Å². The Morgan fingerprint density at radius 1 is 0.583 bits per heavy atom. The summed E-state index contributed by atoms with van der Waals surface area (Å²) < 4.78 is 30.7. The van der Waals surface area contributed by atoms with Crippen molar-refractivity contribution in [3.63, 3.8) is 0 Å². The van der Waals surface area contributed by atoms with Gasteiger partial charge in [-0.1, -0.05) is 47.5 Å². The van der Waals surface area contributed by atoms with Gasteiger partial charge in [-0.05, 0) is 35.4 Å². The fourth-order valence-electron chi connectivity index (χ4n) is 4.00. The molecule has 12 heteroatoms. The van der Waals surface area contributed by atoms with Gasteiger partial charge in [0.1, 0.15) is 35.3 Å². The minimum Gasteiger partial charge on any atom is -0.301 e. The second kappa shape index (κ2) is 8.89. The van der Waals surface area contributed by atoms with E-state index in [1.165, 1.54) is 36.9 Å². The highest BCUT2D eigenvalue weighted by molar-refractivity contribution is 6.34. The molecule has 0 aliphatic rings. The van der Waals surface area contributed by atoms with E-state index >= 15 is 0 Å². The van der Waals surface area contributed by atoms with Crippen LogP contribution in [-0.4, -0.2) is 39.0 Å². The second-order valence-electron chi connectivity index (χ2n) is 7.97. The van der Waals surface area contributed by atoms with Crippen LogP contribution in [0.25, 0.3) is 34.0 Å². The first-order chi connectivity index (χ1) is 17.5.